The van der Waals surface area contributed by atoms with Crippen LogP contribution in [0.15, 0.2) is 30.3 Å². The quantitative estimate of drug-likeness (QED) is 0.545. The van der Waals surface area contributed by atoms with Gasteiger partial charge in [-0.05, 0) is 57.9 Å². The van der Waals surface area contributed by atoms with E-state index in [-0.39, 0.29) is 12.5 Å². The summed E-state index contributed by atoms with van der Waals surface area (Å²) in [4.78, 5) is 39.8. The Hall–Kier alpha value is -2.45. The molecule has 8 heteroatoms. The van der Waals surface area contributed by atoms with Crippen LogP contribution in [0.25, 0.3) is 0 Å². The molecule has 0 bridgehead atoms. The molecule has 3 unspecified atom stereocenters. The number of likely N-dealkylation sites (tertiary alicyclic amines) is 1. The van der Waals surface area contributed by atoms with Gasteiger partial charge < -0.3 is 19.5 Å². The summed E-state index contributed by atoms with van der Waals surface area (Å²) >= 11 is 0. The number of benzene rings is 1. The second kappa shape index (κ2) is 11.6. The Morgan fingerprint density at radius 2 is 1.97 bits per heavy atom. The predicted octanol–water partition coefficient (Wildman–Crippen LogP) is 2.40. The fourth-order valence-electron chi connectivity index (χ4n) is 5.21. The van der Waals surface area contributed by atoms with Crippen molar-refractivity contribution in [3.05, 3.63) is 35.9 Å². The minimum absolute atomic E-state index is 0.250. The first kappa shape index (κ1) is 25.2. The van der Waals surface area contributed by atoms with Gasteiger partial charge in [0, 0.05) is 18.6 Å². The van der Waals surface area contributed by atoms with Gasteiger partial charge in [0.05, 0.1) is 19.3 Å². The summed E-state index contributed by atoms with van der Waals surface area (Å²) in [7, 11) is 0. The molecule has 1 aromatic carbocycles. The summed E-state index contributed by atoms with van der Waals surface area (Å²) in [6.45, 7) is 5.06. The zero-order valence-electron chi connectivity index (χ0n) is 19.6. The third-order valence-corrected chi connectivity index (χ3v) is 6.79. The van der Waals surface area contributed by atoms with Crippen molar-refractivity contribution in [3.63, 3.8) is 0 Å². The van der Waals surface area contributed by atoms with Crippen molar-refractivity contribution in [3.8, 4) is 0 Å². The van der Waals surface area contributed by atoms with Crippen molar-refractivity contribution in [2.24, 2.45) is 5.41 Å². The monoisotopic (exact) mass is 460 g/mol. The van der Waals surface area contributed by atoms with Gasteiger partial charge in [-0.2, -0.15) is 0 Å². The molecule has 3 rings (SSSR count). The van der Waals surface area contributed by atoms with Crippen LogP contribution in [0.5, 0.6) is 0 Å². The highest BCUT2D eigenvalue weighted by Gasteiger charge is 2.51. The molecular weight excluding hydrogens is 424 g/mol. The van der Waals surface area contributed by atoms with Gasteiger partial charge in [0.15, 0.2) is 0 Å². The van der Waals surface area contributed by atoms with Gasteiger partial charge in [-0.1, -0.05) is 30.3 Å². The first-order valence-electron chi connectivity index (χ1n) is 12.0. The molecule has 33 heavy (non-hydrogen) atoms. The highest BCUT2D eigenvalue weighted by molar-refractivity contribution is 5.88. The van der Waals surface area contributed by atoms with E-state index in [9.17, 15) is 19.5 Å². The molecule has 8 nitrogen and oxygen atoms in total. The minimum Gasteiger partial charge on any atom is -0.480 e. The highest BCUT2D eigenvalue weighted by atomic mass is 16.5. The Morgan fingerprint density at radius 1 is 1.24 bits per heavy atom. The standard InChI is InChI=1S/C25H36N2O6/c1-3-33-24(31)20(12-11-19-9-5-4-6-10-19)26-18(2)22(28)27-15-7-13-25(21(27)23(29)30)14-8-16-32-17-25/h4-6,9-10,18,20-21,26H,3,7-8,11-17H2,1-2H3,(H,29,30)/t18-,20?,21?,25?/m0/s1. The highest BCUT2D eigenvalue weighted by Crippen LogP contribution is 2.43. The van der Waals surface area contributed by atoms with E-state index in [0.29, 0.717) is 32.6 Å². The van der Waals surface area contributed by atoms with Crippen LogP contribution in [-0.2, 0) is 30.3 Å². The fraction of sp³-hybridized carbons (Fsp3) is 0.640. The molecule has 0 aromatic heterocycles. The summed E-state index contributed by atoms with van der Waals surface area (Å²) in [6, 6.07) is 7.51. The molecule has 2 heterocycles. The van der Waals surface area contributed by atoms with Gasteiger partial charge in [-0.3, -0.25) is 14.9 Å². The van der Waals surface area contributed by atoms with Crippen molar-refractivity contribution in [1.29, 1.82) is 0 Å². The van der Waals surface area contributed by atoms with Crippen molar-refractivity contribution in [1.82, 2.24) is 10.2 Å². The smallest absolute Gasteiger partial charge is 0.327 e. The number of carbonyl (C=O) groups excluding carboxylic acids is 2. The van der Waals surface area contributed by atoms with Crippen molar-refractivity contribution < 1.29 is 29.0 Å². The Balaban J connectivity index is 1.72. The zero-order chi connectivity index (χ0) is 23.8. The number of hydrogen-bond donors (Lipinski definition) is 2. The van der Waals surface area contributed by atoms with E-state index in [1.165, 1.54) is 4.90 Å². The summed E-state index contributed by atoms with van der Waals surface area (Å²) in [5.74, 6) is -1.70. The van der Waals surface area contributed by atoms with E-state index in [2.05, 4.69) is 5.32 Å². The maximum absolute atomic E-state index is 13.4. The largest absolute Gasteiger partial charge is 0.480 e. The van der Waals surface area contributed by atoms with Gasteiger partial charge in [-0.25, -0.2) is 4.79 Å². The van der Waals surface area contributed by atoms with Crippen molar-refractivity contribution >= 4 is 17.8 Å². The number of aryl methyl sites for hydroxylation is 1. The van der Waals surface area contributed by atoms with Gasteiger partial charge in [0.2, 0.25) is 5.91 Å². The zero-order valence-corrected chi connectivity index (χ0v) is 19.6. The summed E-state index contributed by atoms with van der Waals surface area (Å²) in [5.41, 5.74) is 0.541. The first-order valence-corrected chi connectivity index (χ1v) is 12.0. The molecule has 2 saturated heterocycles. The van der Waals surface area contributed by atoms with Gasteiger partial charge >= 0.3 is 11.9 Å². The second-order valence-corrected chi connectivity index (χ2v) is 9.11. The average Bonchev–Trinajstić information content (AvgIpc) is 2.82. The number of ether oxygens (including phenoxy) is 2. The molecule has 0 radical (unpaired) electrons. The maximum atomic E-state index is 13.4. The lowest BCUT2D eigenvalue weighted by Gasteiger charge is -2.50. The Kier molecular flexibility index (Phi) is 8.86. The molecule has 2 N–H and O–H groups in total. The number of carboxylic acids is 1. The maximum Gasteiger partial charge on any atom is 0.327 e. The number of hydrogen-bond acceptors (Lipinski definition) is 6. The Bertz CT molecular complexity index is 803. The van der Waals surface area contributed by atoms with E-state index < -0.39 is 35.5 Å². The summed E-state index contributed by atoms with van der Waals surface area (Å²) in [6.07, 6.45) is 4.13. The van der Waals surface area contributed by atoms with Crippen LogP contribution in [0.1, 0.15) is 51.5 Å². The van der Waals surface area contributed by atoms with Crippen LogP contribution >= 0.6 is 0 Å². The third-order valence-electron chi connectivity index (χ3n) is 6.79. The Morgan fingerprint density at radius 3 is 2.61 bits per heavy atom. The lowest BCUT2D eigenvalue weighted by molar-refractivity contribution is -0.169. The van der Waals surface area contributed by atoms with E-state index in [0.717, 1.165) is 31.2 Å². The van der Waals surface area contributed by atoms with Crippen LogP contribution in [0, 0.1) is 5.41 Å². The number of carbonyl (C=O) groups is 3. The molecule has 1 aromatic rings. The number of carboxylic acid groups (broad SMARTS) is 1. The number of nitrogens with one attached hydrogen (secondary N) is 1. The molecule has 1 amide bonds. The van der Waals surface area contributed by atoms with Gasteiger partial charge in [0.1, 0.15) is 12.1 Å². The molecule has 4 atom stereocenters. The topological polar surface area (TPSA) is 105 Å². The predicted molar refractivity (Wildman–Crippen MR) is 123 cm³/mol. The van der Waals surface area contributed by atoms with E-state index in [1.54, 1.807) is 13.8 Å². The number of esters is 1. The molecule has 2 fully saturated rings. The van der Waals surface area contributed by atoms with E-state index >= 15 is 0 Å². The average molecular weight is 461 g/mol. The molecule has 0 saturated carbocycles. The Labute approximate surface area is 195 Å². The third kappa shape index (κ3) is 6.12. The van der Waals surface area contributed by atoms with Crippen LogP contribution < -0.4 is 5.32 Å². The SMILES string of the molecule is CCOC(=O)C(CCc1ccccc1)N[C@@H](C)C(=O)N1CCCC2(CCCOC2)C1C(=O)O. The van der Waals surface area contributed by atoms with Gasteiger partial charge in [-0.15, -0.1) is 0 Å². The van der Waals surface area contributed by atoms with Crippen LogP contribution in [0.3, 0.4) is 0 Å². The van der Waals surface area contributed by atoms with Crippen LogP contribution in [0.2, 0.25) is 0 Å². The normalized spacial score (nSPS) is 24.8. The molecule has 1 spiro atoms. The molecule has 182 valence electrons. The van der Waals surface area contributed by atoms with E-state index in [4.69, 9.17) is 9.47 Å². The number of rotatable bonds is 9. The lowest BCUT2D eigenvalue weighted by atomic mass is 9.69. The molecular formula is C25H36N2O6. The van der Waals surface area contributed by atoms with Gasteiger partial charge in [0.25, 0.3) is 0 Å². The molecule has 2 aliphatic heterocycles. The summed E-state index contributed by atoms with van der Waals surface area (Å²) < 4.78 is 10.9. The van der Waals surface area contributed by atoms with E-state index in [1.807, 2.05) is 30.3 Å². The lowest BCUT2D eigenvalue weighted by Crippen LogP contribution is -2.63. The van der Waals surface area contributed by atoms with Crippen molar-refractivity contribution in [2.45, 2.75) is 70.5 Å². The number of nitrogens with zero attached hydrogens (tertiary/aromatic N) is 1. The second-order valence-electron chi connectivity index (χ2n) is 9.11. The summed E-state index contributed by atoms with van der Waals surface area (Å²) in [5, 5.41) is 13.2. The minimum atomic E-state index is -0.994. The fourth-order valence-corrected chi connectivity index (χ4v) is 5.21. The van der Waals surface area contributed by atoms with Crippen LogP contribution in [0.4, 0.5) is 0 Å². The van der Waals surface area contributed by atoms with Crippen molar-refractivity contribution in [2.75, 3.05) is 26.4 Å². The van der Waals surface area contributed by atoms with Crippen LogP contribution in [-0.4, -0.2) is 72.3 Å². The number of aliphatic carboxylic acids is 1. The number of amides is 1. The first-order chi connectivity index (χ1) is 15.9. The molecule has 2 aliphatic rings. The molecule has 0 aliphatic carbocycles. The number of piperidine rings is 1.